The van der Waals surface area contributed by atoms with Crippen LogP contribution in [0.15, 0.2) is 84.0 Å². The van der Waals surface area contributed by atoms with Gasteiger partial charge in [-0.25, -0.2) is 8.42 Å². The van der Waals surface area contributed by atoms with E-state index >= 15 is 0 Å². The Morgan fingerprint density at radius 3 is 2.25 bits per heavy atom. The highest BCUT2D eigenvalue weighted by molar-refractivity contribution is 7.92. The molecule has 0 saturated carbocycles. The van der Waals surface area contributed by atoms with Gasteiger partial charge in [0.15, 0.2) is 0 Å². The summed E-state index contributed by atoms with van der Waals surface area (Å²) >= 11 is 5.92. The Labute approximate surface area is 168 Å². The molecular formula is C20H18ClN3O3S. The number of carbonyl (C=O) groups is 1. The Morgan fingerprint density at radius 1 is 0.964 bits per heavy atom. The number of sulfonamides is 1. The van der Waals surface area contributed by atoms with Crippen LogP contribution in [0.5, 0.6) is 0 Å². The molecule has 0 aliphatic rings. The zero-order chi connectivity index (χ0) is 20.0. The Kier molecular flexibility index (Phi) is 6.28. The van der Waals surface area contributed by atoms with Crippen molar-refractivity contribution in [2.75, 3.05) is 10.8 Å². The molecule has 0 bridgehead atoms. The van der Waals surface area contributed by atoms with Gasteiger partial charge in [0.1, 0.15) is 6.54 Å². The van der Waals surface area contributed by atoms with Gasteiger partial charge in [-0.1, -0.05) is 29.8 Å². The first-order chi connectivity index (χ1) is 13.5. The maximum absolute atomic E-state index is 13.1. The molecular weight excluding hydrogens is 398 g/mol. The quantitative estimate of drug-likeness (QED) is 0.642. The number of anilines is 1. The number of rotatable bonds is 7. The van der Waals surface area contributed by atoms with E-state index in [0.29, 0.717) is 10.7 Å². The van der Waals surface area contributed by atoms with Crippen LogP contribution in [-0.2, 0) is 21.4 Å². The molecule has 1 amide bonds. The minimum atomic E-state index is -3.93. The van der Waals surface area contributed by atoms with Crippen LogP contribution in [0.1, 0.15) is 5.56 Å². The molecule has 2 aromatic carbocycles. The van der Waals surface area contributed by atoms with E-state index in [1.165, 1.54) is 12.1 Å². The van der Waals surface area contributed by atoms with Gasteiger partial charge in [0, 0.05) is 24.0 Å². The fourth-order valence-corrected chi connectivity index (χ4v) is 4.10. The highest BCUT2D eigenvalue weighted by Crippen LogP contribution is 2.25. The summed E-state index contributed by atoms with van der Waals surface area (Å²) in [6.45, 7) is -0.0782. The molecule has 6 nitrogen and oxygen atoms in total. The summed E-state index contributed by atoms with van der Waals surface area (Å²) in [6.07, 6.45) is 3.25. The van der Waals surface area contributed by atoms with Gasteiger partial charge in [-0.15, -0.1) is 0 Å². The lowest BCUT2D eigenvalue weighted by atomic mass is 10.3. The van der Waals surface area contributed by atoms with Gasteiger partial charge in [-0.2, -0.15) is 0 Å². The van der Waals surface area contributed by atoms with Crippen LogP contribution in [-0.4, -0.2) is 25.9 Å². The largest absolute Gasteiger partial charge is 0.350 e. The van der Waals surface area contributed by atoms with Gasteiger partial charge in [0.2, 0.25) is 5.91 Å². The Bertz CT molecular complexity index is 1030. The maximum Gasteiger partial charge on any atom is 0.264 e. The standard InChI is InChI=1S/C20H18ClN3O3S/c21-17-6-8-18(9-7-17)24(28(26,27)19-4-2-1-3-5-19)15-20(25)23-14-16-10-12-22-13-11-16/h1-13H,14-15H2,(H,23,25). The summed E-state index contributed by atoms with van der Waals surface area (Å²) in [6, 6.07) is 17.8. The predicted octanol–water partition coefficient (Wildman–Crippen LogP) is 3.25. The first kappa shape index (κ1) is 19.9. The second-order valence-corrected chi connectivity index (χ2v) is 8.23. The monoisotopic (exact) mass is 415 g/mol. The molecule has 8 heteroatoms. The number of hydrogen-bond acceptors (Lipinski definition) is 4. The molecule has 0 atom stereocenters. The second-order valence-electron chi connectivity index (χ2n) is 5.93. The number of hydrogen-bond donors (Lipinski definition) is 1. The lowest BCUT2D eigenvalue weighted by Gasteiger charge is -2.24. The average molecular weight is 416 g/mol. The third kappa shape index (κ3) is 4.88. The SMILES string of the molecule is O=C(CN(c1ccc(Cl)cc1)S(=O)(=O)c1ccccc1)NCc1ccncc1. The van der Waals surface area contributed by atoms with Crippen molar-refractivity contribution in [3.05, 3.63) is 89.7 Å². The van der Waals surface area contributed by atoms with Crippen LogP contribution in [0.3, 0.4) is 0 Å². The summed E-state index contributed by atoms with van der Waals surface area (Å²) in [5.74, 6) is -0.425. The molecule has 0 aliphatic heterocycles. The Morgan fingerprint density at radius 2 is 1.61 bits per heavy atom. The summed E-state index contributed by atoms with van der Waals surface area (Å²) < 4.78 is 27.3. The molecule has 1 N–H and O–H groups in total. The van der Waals surface area contributed by atoms with Crippen LogP contribution in [0.25, 0.3) is 0 Å². The van der Waals surface area contributed by atoms with Crippen molar-refractivity contribution in [1.82, 2.24) is 10.3 Å². The minimum Gasteiger partial charge on any atom is -0.350 e. The smallest absolute Gasteiger partial charge is 0.264 e. The lowest BCUT2D eigenvalue weighted by Crippen LogP contribution is -2.40. The van der Waals surface area contributed by atoms with E-state index in [-0.39, 0.29) is 18.0 Å². The molecule has 0 radical (unpaired) electrons. The second kappa shape index (κ2) is 8.86. The summed E-state index contributed by atoms with van der Waals surface area (Å²) in [5, 5.41) is 3.21. The van der Waals surface area contributed by atoms with E-state index < -0.39 is 15.9 Å². The average Bonchev–Trinajstić information content (AvgIpc) is 2.72. The molecule has 0 aliphatic carbocycles. The molecule has 3 rings (SSSR count). The molecule has 0 spiro atoms. The van der Waals surface area contributed by atoms with Crippen molar-refractivity contribution in [2.45, 2.75) is 11.4 Å². The van der Waals surface area contributed by atoms with Gasteiger partial charge in [-0.05, 0) is 54.1 Å². The molecule has 1 aromatic heterocycles. The molecule has 0 fully saturated rings. The van der Waals surface area contributed by atoms with Gasteiger partial charge >= 0.3 is 0 Å². The van der Waals surface area contributed by atoms with Crippen molar-refractivity contribution in [3.8, 4) is 0 Å². The highest BCUT2D eigenvalue weighted by Gasteiger charge is 2.27. The number of pyridine rings is 1. The van der Waals surface area contributed by atoms with Crippen LogP contribution in [0.4, 0.5) is 5.69 Å². The number of aromatic nitrogens is 1. The van der Waals surface area contributed by atoms with E-state index in [0.717, 1.165) is 9.87 Å². The maximum atomic E-state index is 13.1. The van der Waals surface area contributed by atoms with E-state index in [1.807, 2.05) is 0 Å². The van der Waals surface area contributed by atoms with Crippen LogP contribution < -0.4 is 9.62 Å². The normalized spacial score (nSPS) is 11.0. The van der Waals surface area contributed by atoms with Crippen LogP contribution >= 0.6 is 11.6 Å². The Hall–Kier alpha value is -2.90. The first-order valence-corrected chi connectivity index (χ1v) is 10.3. The zero-order valence-electron chi connectivity index (χ0n) is 14.8. The molecule has 28 heavy (non-hydrogen) atoms. The van der Waals surface area contributed by atoms with Crippen LogP contribution in [0.2, 0.25) is 5.02 Å². The van der Waals surface area contributed by atoms with Crippen molar-refractivity contribution in [2.24, 2.45) is 0 Å². The first-order valence-electron chi connectivity index (χ1n) is 8.46. The number of benzene rings is 2. The molecule has 0 unspecified atom stereocenters. The minimum absolute atomic E-state index is 0.104. The summed E-state index contributed by atoms with van der Waals surface area (Å²) in [4.78, 5) is 16.5. The van der Waals surface area contributed by atoms with E-state index in [2.05, 4.69) is 10.3 Å². The van der Waals surface area contributed by atoms with Crippen molar-refractivity contribution in [3.63, 3.8) is 0 Å². The fraction of sp³-hybridized carbons (Fsp3) is 0.100. The van der Waals surface area contributed by atoms with Gasteiger partial charge in [0.05, 0.1) is 10.6 Å². The van der Waals surface area contributed by atoms with Crippen LogP contribution in [0, 0.1) is 0 Å². The molecule has 3 aromatic rings. The third-order valence-corrected chi connectivity index (χ3v) is 6.01. The topological polar surface area (TPSA) is 79.4 Å². The summed E-state index contributed by atoms with van der Waals surface area (Å²) in [7, 11) is -3.93. The van der Waals surface area contributed by atoms with E-state index in [4.69, 9.17) is 11.6 Å². The lowest BCUT2D eigenvalue weighted by molar-refractivity contribution is -0.119. The third-order valence-electron chi connectivity index (χ3n) is 3.97. The molecule has 144 valence electrons. The van der Waals surface area contributed by atoms with E-state index in [1.54, 1.807) is 67.0 Å². The molecule has 1 heterocycles. The fourth-order valence-electron chi connectivity index (χ4n) is 2.53. The number of halogens is 1. The molecule has 0 saturated heterocycles. The summed E-state index contributed by atoms with van der Waals surface area (Å²) in [5.41, 5.74) is 1.22. The number of carbonyl (C=O) groups excluding carboxylic acids is 1. The number of amides is 1. The highest BCUT2D eigenvalue weighted by atomic mass is 35.5. The predicted molar refractivity (Wildman–Crippen MR) is 109 cm³/mol. The van der Waals surface area contributed by atoms with Crippen molar-refractivity contribution < 1.29 is 13.2 Å². The van der Waals surface area contributed by atoms with Crippen molar-refractivity contribution in [1.29, 1.82) is 0 Å². The van der Waals surface area contributed by atoms with Gasteiger partial charge < -0.3 is 5.32 Å². The van der Waals surface area contributed by atoms with E-state index in [9.17, 15) is 13.2 Å². The zero-order valence-corrected chi connectivity index (χ0v) is 16.4. The number of nitrogens with zero attached hydrogens (tertiary/aromatic N) is 2. The number of nitrogens with one attached hydrogen (secondary N) is 1. The van der Waals surface area contributed by atoms with Gasteiger partial charge in [-0.3, -0.25) is 14.1 Å². The van der Waals surface area contributed by atoms with Gasteiger partial charge in [0.25, 0.3) is 10.0 Å². The Balaban J connectivity index is 1.84. The van der Waals surface area contributed by atoms with Crippen molar-refractivity contribution >= 4 is 33.2 Å².